The van der Waals surface area contributed by atoms with Crippen LogP contribution in [0.4, 0.5) is 5.69 Å². The second-order valence-electron chi connectivity index (χ2n) is 7.00. The standard InChI is InChI=1S/C19H18N4OS2/c1-22(2)13-5-7-20-17-14(13)15-16(26-17)18(24)23(10-21-15)12-4-6-19(25-3)9-11(19)8-12/h4-8,10-11H,9H2,1-3H3. The fourth-order valence-electron chi connectivity index (χ4n) is 3.72. The fourth-order valence-corrected chi connectivity index (χ4v) is 5.69. The zero-order chi connectivity index (χ0) is 18.1. The molecule has 5 rings (SSSR count). The van der Waals surface area contributed by atoms with Crippen LogP contribution in [0, 0.1) is 5.92 Å². The van der Waals surface area contributed by atoms with E-state index in [2.05, 4.69) is 34.5 Å². The van der Waals surface area contributed by atoms with Crippen molar-refractivity contribution in [2.75, 3.05) is 25.3 Å². The minimum atomic E-state index is -0.0177. The Bertz CT molecular complexity index is 1170. The van der Waals surface area contributed by atoms with Gasteiger partial charge in [-0.25, -0.2) is 9.97 Å². The van der Waals surface area contributed by atoms with E-state index in [4.69, 9.17) is 0 Å². The second kappa shape index (κ2) is 5.44. The Morgan fingerprint density at radius 3 is 2.96 bits per heavy atom. The number of fused-ring (bicyclic) bond motifs is 4. The molecule has 0 N–H and O–H groups in total. The number of hydrogen-bond acceptors (Lipinski definition) is 6. The molecule has 0 spiro atoms. The molecule has 0 aliphatic heterocycles. The summed E-state index contributed by atoms with van der Waals surface area (Å²) in [5, 5.41) is 0.957. The maximum Gasteiger partial charge on any atom is 0.275 e. The minimum Gasteiger partial charge on any atom is -0.377 e. The molecule has 2 aliphatic carbocycles. The average Bonchev–Trinajstić information content (AvgIpc) is 3.25. The predicted octanol–water partition coefficient (Wildman–Crippen LogP) is 3.60. The van der Waals surface area contributed by atoms with Gasteiger partial charge in [-0.3, -0.25) is 9.36 Å². The topological polar surface area (TPSA) is 51.0 Å². The Balaban J connectivity index is 1.70. The van der Waals surface area contributed by atoms with Crippen molar-refractivity contribution >= 4 is 54.9 Å². The van der Waals surface area contributed by atoms with Crippen LogP contribution in [0.3, 0.4) is 0 Å². The normalized spacial score (nSPS) is 24.0. The number of thiophene rings is 1. The highest BCUT2D eigenvalue weighted by molar-refractivity contribution is 8.00. The van der Waals surface area contributed by atoms with Crippen LogP contribution in [0.5, 0.6) is 0 Å². The molecule has 0 bridgehead atoms. The summed E-state index contributed by atoms with van der Waals surface area (Å²) in [5.41, 5.74) is 2.68. The van der Waals surface area contributed by atoms with E-state index in [1.54, 1.807) is 17.1 Å². The van der Waals surface area contributed by atoms with Gasteiger partial charge in [0.15, 0.2) is 0 Å². The van der Waals surface area contributed by atoms with Crippen LogP contribution in [0.2, 0.25) is 0 Å². The van der Waals surface area contributed by atoms with E-state index in [1.165, 1.54) is 11.3 Å². The van der Waals surface area contributed by atoms with Gasteiger partial charge in [-0.15, -0.1) is 11.3 Å². The van der Waals surface area contributed by atoms with Crippen molar-refractivity contribution in [2.45, 2.75) is 11.2 Å². The molecule has 0 amide bonds. The van der Waals surface area contributed by atoms with Gasteiger partial charge in [-0.2, -0.15) is 11.8 Å². The molecule has 3 aromatic heterocycles. The third-order valence-electron chi connectivity index (χ3n) is 5.31. The van der Waals surface area contributed by atoms with Crippen LogP contribution in [0.25, 0.3) is 26.1 Å². The Morgan fingerprint density at radius 1 is 1.38 bits per heavy atom. The zero-order valence-electron chi connectivity index (χ0n) is 14.8. The van der Waals surface area contributed by atoms with E-state index in [0.717, 1.165) is 33.5 Å². The third-order valence-corrected chi connectivity index (χ3v) is 7.76. The number of nitrogens with zero attached hydrogens (tertiary/aromatic N) is 4. The molecular formula is C19H18N4OS2. The number of anilines is 1. The first-order valence-corrected chi connectivity index (χ1v) is 10.5. The first-order chi connectivity index (χ1) is 12.5. The lowest BCUT2D eigenvalue weighted by molar-refractivity contribution is 0.952. The number of rotatable bonds is 3. The molecule has 132 valence electrons. The lowest BCUT2D eigenvalue weighted by atomic mass is 10.1. The van der Waals surface area contributed by atoms with Crippen LogP contribution in [-0.2, 0) is 0 Å². The summed E-state index contributed by atoms with van der Waals surface area (Å²) in [5.74, 6) is 0.518. The molecule has 1 fully saturated rings. The number of pyridine rings is 1. The van der Waals surface area contributed by atoms with Crippen molar-refractivity contribution in [3.8, 4) is 0 Å². The summed E-state index contributed by atoms with van der Waals surface area (Å²) in [6.45, 7) is 0. The Hall–Kier alpha value is -2.12. The van der Waals surface area contributed by atoms with E-state index in [0.29, 0.717) is 10.6 Å². The van der Waals surface area contributed by atoms with Gasteiger partial charge >= 0.3 is 0 Å². The van der Waals surface area contributed by atoms with Crippen molar-refractivity contribution in [3.63, 3.8) is 0 Å². The van der Waals surface area contributed by atoms with Gasteiger partial charge in [0.25, 0.3) is 5.56 Å². The Morgan fingerprint density at radius 2 is 2.23 bits per heavy atom. The largest absolute Gasteiger partial charge is 0.377 e. The van der Waals surface area contributed by atoms with Crippen molar-refractivity contribution in [1.82, 2.24) is 14.5 Å². The van der Waals surface area contributed by atoms with Crippen molar-refractivity contribution in [3.05, 3.63) is 47.2 Å². The SMILES string of the molecule is CSC12C=CC(n3cnc4c(sc5nccc(N(C)C)c54)c3=O)=CC1C2. The smallest absolute Gasteiger partial charge is 0.275 e. The minimum absolute atomic E-state index is 0.0177. The van der Waals surface area contributed by atoms with Crippen LogP contribution >= 0.6 is 23.1 Å². The van der Waals surface area contributed by atoms with Gasteiger partial charge in [0.1, 0.15) is 15.9 Å². The number of hydrogen-bond donors (Lipinski definition) is 0. The summed E-state index contributed by atoms with van der Waals surface area (Å²) in [6, 6.07) is 1.96. The van der Waals surface area contributed by atoms with E-state index >= 15 is 0 Å². The van der Waals surface area contributed by atoms with E-state index in [9.17, 15) is 4.79 Å². The highest BCUT2D eigenvalue weighted by Gasteiger charge is 2.51. The molecule has 5 nitrogen and oxygen atoms in total. The summed E-state index contributed by atoms with van der Waals surface area (Å²) in [4.78, 5) is 25.2. The summed E-state index contributed by atoms with van der Waals surface area (Å²) in [7, 11) is 3.98. The van der Waals surface area contributed by atoms with E-state index in [1.807, 2.05) is 36.8 Å². The first-order valence-electron chi connectivity index (χ1n) is 8.47. The molecule has 2 unspecified atom stereocenters. The lowest BCUT2D eigenvalue weighted by Crippen LogP contribution is -2.20. The van der Waals surface area contributed by atoms with Crippen molar-refractivity contribution in [2.24, 2.45) is 5.92 Å². The van der Waals surface area contributed by atoms with Crippen LogP contribution in [0.1, 0.15) is 6.42 Å². The molecule has 0 radical (unpaired) electrons. The summed E-state index contributed by atoms with van der Waals surface area (Å²) < 4.78 is 2.59. The average molecular weight is 383 g/mol. The van der Waals surface area contributed by atoms with Gasteiger partial charge < -0.3 is 4.90 Å². The number of thioether (sulfide) groups is 1. The molecule has 2 atom stereocenters. The zero-order valence-corrected chi connectivity index (χ0v) is 16.4. The molecule has 3 aromatic rings. The third kappa shape index (κ3) is 2.13. The van der Waals surface area contributed by atoms with Gasteiger partial charge in [0.05, 0.1) is 16.6 Å². The van der Waals surface area contributed by atoms with Crippen molar-refractivity contribution < 1.29 is 0 Å². The highest BCUT2D eigenvalue weighted by atomic mass is 32.2. The molecule has 0 aromatic carbocycles. The van der Waals surface area contributed by atoms with Gasteiger partial charge in [0, 0.05) is 30.7 Å². The quantitative estimate of drug-likeness (QED) is 0.693. The van der Waals surface area contributed by atoms with Gasteiger partial charge in [0.2, 0.25) is 0 Å². The molecule has 7 heteroatoms. The monoisotopic (exact) mass is 382 g/mol. The highest BCUT2D eigenvalue weighted by Crippen LogP contribution is 2.57. The molecule has 1 saturated carbocycles. The van der Waals surface area contributed by atoms with E-state index < -0.39 is 0 Å². The van der Waals surface area contributed by atoms with Crippen LogP contribution in [0.15, 0.2) is 41.6 Å². The maximum absolute atomic E-state index is 13.2. The second-order valence-corrected chi connectivity index (χ2v) is 9.17. The number of allylic oxidation sites excluding steroid dienone is 3. The summed E-state index contributed by atoms with van der Waals surface area (Å²) >= 11 is 3.31. The van der Waals surface area contributed by atoms with Crippen LogP contribution in [-0.4, -0.2) is 39.6 Å². The number of aromatic nitrogens is 3. The lowest BCUT2D eigenvalue weighted by Gasteiger charge is -2.15. The molecule has 0 saturated heterocycles. The van der Waals surface area contributed by atoms with Gasteiger partial charge in [-0.1, -0.05) is 12.2 Å². The maximum atomic E-state index is 13.2. The van der Waals surface area contributed by atoms with Crippen LogP contribution < -0.4 is 10.5 Å². The molecule has 2 aliphatic rings. The first kappa shape index (κ1) is 16.1. The molecule has 26 heavy (non-hydrogen) atoms. The predicted molar refractivity (Wildman–Crippen MR) is 111 cm³/mol. The summed E-state index contributed by atoms with van der Waals surface area (Å²) in [6.07, 6.45) is 13.3. The van der Waals surface area contributed by atoms with Crippen molar-refractivity contribution in [1.29, 1.82) is 0 Å². The Labute approximate surface area is 159 Å². The van der Waals surface area contributed by atoms with Gasteiger partial charge in [-0.05, 0) is 30.7 Å². The van der Waals surface area contributed by atoms with E-state index in [-0.39, 0.29) is 10.3 Å². The molecular weight excluding hydrogens is 364 g/mol. The Kier molecular flexibility index (Phi) is 3.36. The fraction of sp³-hybridized carbons (Fsp3) is 0.316. The molecule has 3 heterocycles.